The minimum absolute atomic E-state index is 0.283. The van der Waals surface area contributed by atoms with Gasteiger partial charge >= 0.3 is 0 Å². The summed E-state index contributed by atoms with van der Waals surface area (Å²) in [6.07, 6.45) is 0. The van der Waals surface area contributed by atoms with Crippen LogP contribution in [0.5, 0.6) is 5.75 Å². The number of benzene rings is 1. The molecule has 0 amide bonds. The quantitative estimate of drug-likeness (QED) is 0.725. The molecule has 0 radical (unpaired) electrons. The first kappa shape index (κ1) is 20.3. The molecule has 1 aliphatic rings. The first-order valence-corrected chi connectivity index (χ1v) is 10.8. The largest absolute Gasteiger partial charge is 0.494 e. The molecule has 0 aliphatic carbocycles. The van der Waals surface area contributed by atoms with Gasteiger partial charge < -0.3 is 14.5 Å². The number of aryl methyl sites for hydroxylation is 1. The summed E-state index contributed by atoms with van der Waals surface area (Å²) in [5.74, 6) is 2.15. The Kier molecular flexibility index (Phi) is 6.04. The van der Waals surface area contributed by atoms with E-state index in [4.69, 9.17) is 4.74 Å². The van der Waals surface area contributed by atoms with Gasteiger partial charge in [0.1, 0.15) is 11.6 Å². The van der Waals surface area contributed by atoms with Crippen LogP contribution in [0.3, 0.4) is 0 Å². The van der Waals surface area contributed by atoms with Gasteiger partial charge in [0.05, 0.1) is 11.5 Å². The van der Waals surface area contributed by atoms with E-state index < -0.39 is 10.0 Å². The molecule has 8 nitrogen and oxygen atoms in total. The number of piperazine rings is 1. The van der Waals surface area contributed by atoms with Crippen molar-refractivity contribution in [3.8, 4) is 5.75 Å². The SMILES string of the molecule is CCOc1ccc(S(=O)(=O)N2CCN(c3nc(C)cc(N(C)C)n3)CC2)cc1. The van der Waals surface area contributed by atoms with Gasteiger partial charge in [0.2, 0.25) is 16.0 Å². The highest BCUT2D eigenvalue weighted by Crippen LogP contribution is 2.23. The number of ether oxygens (including phenoxy) is 1. The van der Waals surface area contributed by atoms with Gasteiger partial charge in [-0.2, -0.15) is 9.29 Å². The molecule has 1 aromatic heterocycles. The maximum absolute atomic E-state index is 12.9. The molecule has 152 valence electrons. The fourth-order valence-electron chi connectivity index (χ4n) is 3.06. The van der Waals surface area contributed by atoms with Crippen LogP contribution < -0.4 is 14.5 Å². The van der Waals surface area contributed by atoms with Crippen molar-refractivity contribution in [3.05, 3.63) is 36.0 Å². The number of anilines is 2. The minimum Gasteiger partial charge on any atom is -0.494 e. The van der Waals surface area contributed by atoms with Gasteiger partial charge in [-0.15, -0.1) is 0 Å². The molecule has 0 atom stereocenters. The highest BCUT2D eigenvalue weighted by atomic mass is 32.2. The zero-order chi connectivity index (χ0) is 20.3. The van der Waals surface area contributed by atoms with Crippen LogP contribution in [-0.4, -0.2) is 69.6 Å². The van der Waals surface area contributed by atoms with Crippen molar-refractivity contribution >= 4 is 21.8 Å². The van der Waals surface area contributed by atoms with Crippen LogP contribution in [-0.2, 0) is 10.0 Å². The van der Waals surface area contributed by atoms with Gasteiger partial charge in [0.15, 0.2) is 0 Å². The molecule has 0 bridgehead atoms. The van der Waals surface area contributed by atoms with E-state index in [0.29, 0.717) is 44.5 Å². The fourth-order valence-corrected chi connectivity index (χ4v) is 4.48. The molecule has 0 unspecified atom stereocenters. The van der Waals surface area contributed by atoms with Gasteiger partial charge in [-0.3, -0.25) is 0 Å². The van der Waals surface area contributed by atoms with Gasteiger partial charge in [-0.05, 0) is 38.1 Å². The molecule has 2 heterocycles. The third kappa shape index (κ3) is 4.36. The van der Waals surface area contributed by atoms with Crippen molar-refractivity contribution < 1.29 is 13.2 Å². The first-order valence-electron chi connectivity index (χ1n) is 9.32. The third-order valence-electron chi connectivity index (χ3n) is 4.58. The summed E-state index contributed by atoms with van der Waals surface area (Å²) in [4.78, 5) is 13.4. The molecule has 3 rings (SSSR count). The van der Waals surface area contributed by atoms with E-state index in [1.807, 2.05) is 43.8 Å². The normalized spacial score (nSPS) is 15.5. The molecule has 1 aliphatic heterocycles. The molecule has 0 saturated carbocycles. The predicted octanol–water partition coefficient (Wildman–Crippen LogP) is 1.76. The lowest BCUT2D eigenvalue weighted by Gasteiger charge is -2.34. The maximum atomic E-state index is 12.9. The molecule has 0 spiro atoms. The summed E-state index contributed by atoms with van der Waals surface area (Å²) in [6.45, 7) is 6.26. The van der Waals surface area contributed by atoms with Crippen molar-refractivity contribution in [3.63, 3.8) is 0 Å². The number of hydrogen-bond acceptors (Lipinski definition) is 7. The van der Waals surface area contributed by atoms with Crippen LogP contribution in [0.15, 0.2) is 35.2 Å². The van der Waals surface area contributed by atoms with E-state index in [2.05, 4.69) is 9.97 Å². The summed E-state index contributed by atoms with van der Waals surface area (Å²) in [5, 5.41) is 0. The minimum atomic E-state index is -3.53. The predicted molar refractivity (Wildman–Crippen MR) is 110 cm³/mol. The number of hydrogen-bond donors (Lipinski definition) is 0. The van der Waals surface area contributed by atoms with E-state index >= 15 is 0 Å². The Morgan fingerprint density at radius 3 is 2.29 bits per heavy atom. The highest BCUT2D eigenvalue weighted by molar-refractivity contribution is 7.89. The Hall–Kier alpha value is -2.39. The zero-order valence-electron chi connectivity index (χ0n) is 16.8. The van der Waals surface area contributed by atoms with Crippen molar-refractivity contribution in [1.29, 1.82) is 0 Å². The van der Waals surface area contributed by atoms with Crippen LogP contribution >= 0.6 is 0 Å². The highest BCUT2D eigenvalue weighted by Gasteiger charge is 2.29. The van der Waals surface area contributed by atoms with Crippen molar-refractivity contribution in [2.45, 2.75) is 18.7 Å². The van der Waals surface area contributed by atoms with Crippen LogP contribution in [0.2, 0.25) is 0 Å². The second-order valence-electron chi connectivity index (χ2n) is 6.86. The zero-order valence-corrected chi connectivity index (χ0v) is 17.6. The van der Waals surface area contributed by atoms with E-state index in [9.17, 15) is 8.42 Å². The number of aromatic nitrogens is 2. The molecular formula is C19H27N5O3S. The van der Waals surface area contributed by atoms with E-state index in [-0.39, 0.29) is 4.90 Å². The van der Waals surface area contributed by atoms with Crippen LogP contribution in [0, 0.1) is 6.92 Å². The van der Waals surface area contributed by atoms with Gasteiger partial charge in [0.25, 0.3) is 0 Å². The summed E-state index contributed by atoms with van der Waals surface area (Å²) in [5.41, 5.74) is 0.887. The Morgan fingerprint density at radius 2 is 1.71 bits per heavy atom. The van der Waals surface area contributed by atoms with Gasteiger partial charge in [0, 0.05) is 52.0 Å². The summed E-state index contributed by atoms with van der Waals surface area (Å²) >= 11 is 0. The monoisotopic (exact) mass is 405 g/mol. The number of nitrogens with zero attached hydrogens (tertiary/aromatic N) is 5. The second kappa shape index (κ2) is 8.32. The summed E-state index contributed by atoms with van der Waals surface area (Å²) in [7, 11) is 0.348. The summed E-state index contributed by atoms with van der Waals surface area (Å²) in [6, 6.07) is 8.50. The van der Waals surface area contributed by atoms with Gasteiger partial charge in [-0.1, -0.05) is 0 Å². The Morgan fingerprint density at radius 1 is 1.07 bits per heavy atom. The standard InChI is InChI=1S/C19H27N5O3S/c1-5-27-16-6-8-17(9-7-16)28(25,26)24-12-10-23(11-13-24)19-20-15(2)14-18(21-19)22(3)4/h6-9,14H,5,10-13H2,1-4H3. The lowest BCUT2D eigenvalue weighted by molar-refractivity contribution is 0.340. The van der Waals surface area contributed by atoms with E-state index in [1.54, 1.807) is 24.3 Å². The first-order chi connectivity index (χ1) is 13.3. The van der Waals surface area contributed by atoms with Crippen molar-refractivity contribution in [2.24, 2.45) is 0 Å². The van der Waals surface area contributed by atoms with Crippen LogP contribution in [0.4, 0.5) is 11.8 Å². The summed E-state index contributed by atoms with van der Waals surface area (Å²) < 4.78 is 32.8. The molecule has 9 heteroatoms. The fraction of sp³-hybridized carbons (Fsp3) is 0.474. The molecule has 28 heavy (non-hydrogen) atoms. The Balaban J connectivity index is 1.71. The van der Waals surface area contributed by atoms with E-state index in [1.165, 1.54) is 4.31 Å². The van der Waals surface area contributed by atoms with Crippen molar-refractivity contribution in [2.75, 3.05) is 56.7 Å². The van der Waals surface area contributed by atoms with Crippen molar-refractivity contribution in [1.82, 2.24) is 14.3 Å². The van der Waals surface area contributed by atoms with E-state index in [0.717, 1.165) is 11.5 Å². The average molecular weight is 406 g/mol. The lowest BCUT2D eigenvalue weighted by atomic mass is 10.3. The average Bonchev–Trinajstić information content (AvgIpc) is 2.68. The maximum Gasteiger partial charge on any atom is 0.243 e. The third-order valence-corrected chi connectivity index (χ3v) is 6.49. The van der Waals surface area contributed by atoms with Crippen LogP contribution in [0.1, 0.15) is 12.6 Å². The number of sulfonamides is 1. The molecular weight excluding hydrogens is 378 g/mol. The smallest absolute Gasteiger partial charge is 0.243 e. The molecule has 2 aromatic rings. The Labute approximate surface area is 166 Å². The Bertz CT molecular complexity index is 908. The lowest BCUT2D eigenvalue weighted by Crippen LogP contribution is -2.49. The van der Waals surface area contributed by atoms with Crippen LogP contribution in [0.25, 0.3) is 0 Å². The number of rotatable bonds is 6. The topological polar surface area (TPSA) is 78.9 Å². The molecule has 0 N–H and O–H groups in total. The molecule has 1 aromatic carbocycles. The molecule has 1 fully saturated rings. The second-order valence-corrected chi connectivity index (χ2v) is 8.80. The van der Waals surface area contributed by atoms with Gasteiger partial charge in [-0.25, -0.2) is 13.4 Å². The molecule has 1 saturated heterocycles.